The van der Waals surface area contributed by atoms with Crippen LogP contribution in [0.5, 0.6) is 0 Å². The van der Waals surface area contributed by atoms with Crippen LogP contribution in [0.3, 0.4) is 0 Å². The summed E-state index contributed by atoms with van der Waals surface area (Å²) in [4.78, 5) is 14.9. The number of hydrogen-bond acceptors (Lipinski definition) is 4. The highest BCUT2D eigenvalue weighted by molar-refractivity contribution is 5.83. The van der Waals surface area contributed by atoms with Crippen LogP contribution in [0.2, 0.25) is 0 Å². The molecular formula is C22H23FN4O3. The second-order valence-electron chi connectivity index (χ2n) is 6.71. The number of nitrogens with zero attached hydrogens (tertiary/aromatic N) is 2. The number of halogens is 1. The molecule has 0 aliphatic rings. The van der Waals surface area contributed by atoms with Crippen LogP contribution in [0, 0.1) is 5.82 Å². The molecule has 3 N–H and O–H groups in total. The molecule has 7 nitrogen and oxygen atoms in total. The highest BCUT2D eigenvalue weighted by atomic mass is 19.1. The van der Waals surface area contributed by atoms with Crippen molar-refractivity contribution in [2.45, 2.75) is 19.4 Å². The van der Waals surface area contributed by atoms with Gasteiger partial charge in [0.05, 0.1) is 6.54 Å². The van der Waals surface area contributed by atoms with Gasteiger partial charge in [0.15, 0.2) is 5.96 Å². The predicted molar refractivity (Wildman–Crippen MR) is 112 cm³/mol. The molecule has 0 aliphatic carbocycles. The standard InChI is InChI=1S/C22H23FN4O3/c1-14(16-8-9-18(19(23)10-16)15-6-4-3-5-7-15)20-11-17(27-30-20)12-25-22(24-2)26-13-21(28)29/h3-11,14H,12-13H2,1-2H3,(H,28,29)(H2,24,25,26). The molecule has 0 amide bonds. The summed E-state index contributed by atoms with van der Waals surface area (Å²) in [6.45, 7) is 1.88. The van der Waals surface area contributed by atoms with Crippen LogP contribution in [0.4, 0.5) is 4.39 Å². The number of guanidine groups is 1. The predicted octanol–water partition coefficient (Wildman–Crippen LogP) is 3.38. The fourth-order valence-corrected chi connectivity index (χ4v) is 2.97. The van der Waals surface area contributed by atoms with Crippen LogP contribution in [-0.2, 0) is 11.3 Å². The van der Waals surface area contributed by atoms with Gasteiger partial charge in [-0.15, -0.1) is 0 Å². The molecule has 0 fully saturated rings. The van der Waals surface area contributed by atoms with E-state index in [0.29, 0.717) is 23.0 Å². The fourth-order valence-electron chi connectivity index (χ4n) is 2.97. The number of rotatable bonds is 7. The van der Waals surface area contributed by atoms with Gasteiger partial charge in [-0.1, -0.05) is 54.5 Å². The molecule has 1 heterocycles. The van der Waals surface area contributed by atoms with Crippen molar-refractivity contribution in [2.24, 2.45) is 4.99 Å². The first-order chi connectivity index (χ1) is 14.5. The molecule has 1 aromatic heterocycles. The number of benzene rings is 2. The second-order valence-corrected chi connectivity index (χ2v) is 6.71. The summed E-state index contributed by atoms with van der Waals surface area (Å²) in [6.07, 6.45) is 0. The number of carboxylic acid groups (broad SMARTS) is 1. The molecule has 1 atom stereocenters. The highest BCUT2D eigenvalue weighted by Gasteiger charge is 2.17. The van der Waals surface area contributed by atoms with E-state index in [-0.39, 0.29) is 24.8 Å². The summed E-state index contributed by atoms with van der Waals surface area (Å²) in [7, 11) is 1.64. The van der Waals surface area contributed by atoms with Gasteiger partial charge in [0.1, 0.15) is 23.8 Å². The van der Waals surface area contributed by atoms with Crippen LogP contribution < -0.4 is 10.6 Å². The molecule has 0 radical (unpaired) electrons. The lowest BCUT2D eigenvalue weighted by Crippen LogP contribution is -2.38. The lowest BCUT2D eigenvalue weighted by molar-refractivity contribution is -0.135. The van der Waals surface area contributed by atoms with Gasteiger partial charge in [-0.25, -0.2) is 9.38 Å². The van der Waals surface area contributed by atoms with Gasteiger partial charge in [-0.3, -0.25) is 4.79 Å². The fraction of sp³-hybridized carbons (Fsp3) is 0.227. The minimum atomic E-state index is -0.985. The van der Waals surface area contributed by atoms with Gasteiger partial charge in [-0.05, 0) is 17.2 Å². The third kappa shape index (κ3) is 5.22. The first-order valence-corrected chi connectivity index (χ1v) is 9.46. The first kappa shape index (κ1) is 21.0. The van der Waals surface area contributed by atoms with Gasteiger partial charge in [0.25, 0.3) is 0 Å². The molecular weight excluding hydrogens is 387 g/mol. The number of hydrogen-bond donors (Lipinski definition) is 3. The van der Waals surface area contributed by atoms with Crippen LogP contribution in [0.1, 0.15) is 29.9 Å². The SMILES string of the molecule is CNC(=NCc1cc(C(C)c2ccc(-c3ccccc3)c(F)c2)on1)NCC(=O)O. The minimum Gasteiger partial charge on any atom is -0.480 e. The molecule has 30 heavy (non-hydrogen) atoms. The van der Waals surface area contributed by atoms with Crippen LogP contribution in [0.25, 0.3) is 11.1 Å². The van der Waals surface area contributed by atoms with E-state index in [1.165, 1.54) is 6.07 Å². The van der Waals surface area contributed by atoms with Crippen molar-refractivity contribution in [2.75, 3.05) is 13.6 Å². The van der Waals surface area contributed by atoms with E-state index in [9.17, 15) is 9.18 Å². The van der Waals surface area contributed by atoms with E-state index in [1.54, 1.807) is 19.2 Å². The van der Waals surface area contributed by atoms with E-state index >= 15 is 0 Å². The van der Waals surface area contributed by atoms with Crippen molar-refractivity contribution in [1.82, 2.24) is 15.8 Å². The summed E-state index contributed by atoms with van der Waals surface area (Å²) < 4.78 is 20.1. The van der Waals surface area contributed by atoms with Crippen molar-refractivity contribution in [3.63, 3.8) is 0 Å². The Morgan fingerprint density at radius 1 is 1.23 bits per heavy atom. The molecule has 0 saturated carbocycles. The van der Waals surface area contributed by atoms with Gasteiger partial charge in [-0.2, -0.15) is 0 Å². The van der Waals surface area contributed by atoms with E-state index < -0.39 is 5.97 Å². The summed E-state index contributed by atoms with van der Waals surface area (Å²) in [5.41, 5.74) is 2.74. The van der Waals surface area contributed by atoms with Crippen molar-refractivity contribution >= 4 is 11.9 Å². The maximum absolute atomic E-state index is 14.7. The molecule has 0 bridgehead atoms. The van der Waals surface area contributed by atoms with E-state index in [0.717, 1.165) is 11.1 Å². The number of carbonyl (C=O) groups is 1. The quantitative estimate of drug-likeness (QED) is 0.408. The van der Waals surface area contributed by atoms with Crippen molar-refractivity contribution in [3.8, 4) is 11.1 Å². The Balaban J connectivity index is 1.71. The summed E-state index contributed by atoms with van der Waals surface area (Å²) in [5, 5.41) is 18.2. The van der Waals surface area contributed by atoms with Crippen LogP contribution in [-0.4, -0.2) is 35.8 Å². The Hall–Kier alpha value is -3.68. The van der Waals surface area contributed by atoms with Gasteiger partial charge in [0.2, 0.25) is 0 Å². The molecule has 2 aromatic carbocycles. The third-order valence-electron chi connectivity index (χ3n) is 4.62. The lowest BCUT2D eigenvalue weighted by atomic mass is 9.95. The number of carboxylic acids is 1. The average molecular weight is 410 g/mol. The van der Waals surface area contributed by atoms with E-state index in [4.69, 9.17) is 9.63 Å². The Morgan fingerprint density at radius 2 is 2.00 bits per heavy atom. The monoisotopic (exact) mass is 410 g/mol. The number of aliphatic carboxylic acids is 1. The smallest absolute Gasteiger partial charge is 0.322 e. The average Bonchev–Trinajstić information content (AvgIpc) is 3.22. The molecule has 3 rings (SSSR count). The Labute approximate surface area is 173 Å². The normalized spacial score (nSPS) is 12.4. The van der Waals surface area contributed by atoms with E-state index in [1.807, 2.05) is 43.3 Å². The van der Waals surface area contributed by atoms with Crippen LogP contribution in [0.15, 0.2) is 64.1 Å². The zero-order chi connectivity index (χ0) is 21.5. The zero-order valence-corrected chi connectivity index (χ0v) is 16.7. The minimum absolute atomic E-state index is 0.191. The van der Waals surface area contributed by atoms with Crippen molar-refractivity contribution < 1.29 is 18.8 Å². The summed E-state index contributed by atoms with van der Waals surface area (Å²) in [6, 6.07) is 16.3. The van der Waals surface area contributed by atoms with Gasteiger partial charge < -0.3 is 20.3 Å². The Bertz CT molecular complexity index is 1030. The number of nitrogens with one attached hydrogen (secondary N) is 2. The molecule has 1 unspecified atom stereocenters. The Morgan fingerprint density at radius 3 is 2.67 bits per heavy atom. The molecule has 8 heteroatoms. The maximum Gasteiger partial charge on any atom is 0.322 e. The van der Waals surface area contributed by atoms with Gasteiger partial charge in [0, 0.05) is 24.6 Å². The summed E-state index contributed by atoms with van der Waals surface area (Å²) in [5.74, 6) is -0.535. The molecule has 0 aliphatic heterocycles. The third-order valence-corrected chi connectivity index (χ3v) is 4.62. The van der Waals surface area contributed by atoms with Crippen molar-refractivity contribution in [3.05, 3.63) is 77.4 Å². The molecule has 0 spiro atoms. The largest absolute Gasteiger partial charge is 0.480 e. The van der Waals surface area contributed by atoms with Crippen molar-refractivity contribution in [1.29, 1.82) is 0 Å². The Kier molecular flexibility index (Phi) is 6.79. The van der Waals surface area contributed by atoms with Crippen LogP contribution >= 0.6 is 0 Å². The second kappa shape index (κ2) is 9.69. The number of aromatic nitrogens is 1. The van der Waals surface area contributed by atoms with E-state index in [2.05, 4.69) is 20.8 Å². The molecule has 156 valence electrons. The maximum atomic E-state index is 14.7. The topological polar surface area (TPSA) is 99.8 Å². The zero-order valence-electron chi connectivity index (χ0n) is 16.7. The molecule has 3 aromatic rings. The number of aliphatic imine (C=N–C) groups is 1. The lowest BCUT2D eigenvalue weighted by Gasteiger charge is -2.10. The molecule has 0 saturated heterocycles. The van der Waals surface area contributed by atoms with Gasteiger partial charge >= 0.3 is 5.97 Å². The first-order valence-electron chi connectivity index (χ1n) is 9.46. The highest BCUT2D eigenvalue weighted by Crippen LogP contribution is 2.29. The summed E-state index contributed by atoms with van der Waals surface area (Å²) >= 11 is 0.